The van der Waals surface area contributed by atoms with Crippen LogP contribution in [0.4, 0.5) is 0 Å². The lowest BCUT2D eigenvalue weighted by molar-refractivity contribution is 0.747. The first-order valence-corrected chi connectivity index (χ1v) is 8.82. The standard InChI is InChI=1S/C16H15BrN4S/c17-13-8-10-15(11-9-13)22-12-4-7-16-18-19-20-21(16)14-5-2-1-3-6-14/h1-3,5-6,8-11H,4,7,12H2. The molecule has 0 atom stereocenters. The van der Waals surface area contributed by atoms with Crippen LogP contribution >= 0.6 is 27.7 Å². The van der Waals surface area contributed by atoms with Gasteiger partial charge in [0.05, 0.1) is 5.69 Å². The quantitative estimate of drug-likeness (QED) is 0.480. The van der Waals surface area contributed by atoms with Crippen LogP contribution in [0.25, 0.3) is 5.69 Å². The van der Waals surface area contributed by atoms with Gasteiger partial charge in [-0.25, -0.2) is 0 Å². The van der Waals surface area contributed by atoms with E-state index in [0.717, 1.165) is 34.6 Å². The zero-order valence-electron chi connectivity index (χ0n) is 11.9. The third kappa shape index (κ3) is 3.96. The maximum absolute atomic E-state index is 4.14. The van der Waals surface area contributed by atoms with E-state index in [1.165, 1.54) is 4.90 Å². The second-order valence-electron chi connectivity index (χ2n) is 4.75. The van der Waals surface area contributed by atoms with Gasteiger partial charge in [-0.15, -0.1) is 16.9 Å². The summed E-state index contributed by atoms with van der Waals surface area (Å²) in [6.07, 6.45) is 1.90. The molecule has 6 heteroatoms. The average molecular weight is 375 g/mol. The van der Waals surface area contributed by atoms with Gasteiger partial charge in [0, 0.05) is 15.8 Å². The summed E-state index contributed by atoms with van der Waals surface area (Å²) in [6, 6.07) is 18.4. The Hall–Kier alpha value is -1.66. The number of hydrogen-bond donors (Lipinski definition) is 0. The minimum absolute atomic E-state index is 0.866. The molecule has 22 heavy (non-hydrogen) atoms. The Kier molecular flexibility index (Phi) is 5.24. The first kappa shape index (κ1) is 15.2. The molecule has 3 rings (SSSR count). The zero-order valence-corrected chi connectivity index (χ0v) is 14.3. The van der Waals surface area contributed by atoms with E-state index >= 15 is 0 Å². The van der Waals surface area contributed by atoms with Gasteiger partial charge in [0.2, 0.25) is 0 Å². The van der Waals surface area contributed by atoms with E-state index in [1.807, 2.05) is 46.8 Å². The Morgan fingerprint density at radius 3 is 2.55 bits per heavy atom. The van der Waals surface area contributed by atoms with Crippen molar-refractivity contribution in [2.24, 2.45) is 0 Å². The maximum Gasteiger partial charge on any atom is 0.156 e. The van der Waals surface area contributed by atoms with Crippen molar-refractivity contribution < 1.29 is 0 Å². The lowest BCUT2D eigenvalue weighted by Gasteiger charge is -2.04. The third-order valence-electron chi connectivity index (χ3n) is 3.16. The summed E-state index contributed by atoms with van der Waals surface area (Å²) in [4.78, 5) is 1.28. The van der Waals surface area contributed by atoms with E-state index in [1.54, 1.807) is 0 Å². The summed E-state index contributed by atoms with van der Waals surface area (Å²) in [7, 11) is 0. The van der Waals surface area contributed by atoms with Crippen molar-refractivity contribution in [3.8, 4) is 5.69 Å². The number of benzene rings is 2. The molecule has 2 aromatic carbocycles. The van der Waals surface area contributed by atoms with Crippen molar-refractivity contribution in [1.29, 1.82) is 0 Å². The van der Waals surface area contributed by atoms with Crippen LogP contribution in [-0.2, 0) is 6.42 Å². The van der Waals surface area contributed by atoms with E-state index < -0.39 is 0 Å². The molecule has 3 aromatic rings. The van der Waals surface area contributed by atoms with E-state index in [-0.39, 0.29) is 0 Å². The van der Waals surface area contributed by atoms with Gasteiger partial charge >= 0.3 is 0 Å². The number of aromatic nitrogens is 4. The summed E-state index contributed by atoms with van der Waals surface area (Å²) in [5.41, 5.74) is 1.00. The number of nitrogens with zero attached hydrogens (tertiary/aromatic N) is 4. The van der Waals surface area contributed by atoms with E-state index in [4.69, 9.17) is 0 Å². The highest BCUT2D eigenvalue weighted by atomic mass is 79.9. The van der Waals surface area contributed by atoms with E-state index in [2.05, 4.69) is 55.7 Å². The number of hydrogen-bond acceptors (Lipinski definition) is 4. The van der Waals surface area contributed by atoms with Gasteiger partial charge in [-0.3, -0.25) is 0 Å². The van der Waals surface area contributed by atoms with Gasteiger partial charge in [-0.05, 0) is 59.0 Å². The number of thioether (sulfide) groups is 1. The molecule has 0 aliphatic rings. The molecule has 0 bridgehead atoms. The van der Waals surface area contributed by atoms with Crippen LogP contribution in [0, 0.1) is 0 Å². The predicted molar refractivity (Wildman–Crippen MR) is 92.3 cm³/mol. The highest BCUT2D eigenvalue weighted by Gasteiger charge is 2.07. The van der Waals surface area contributed by atoms with E-state index in [0.29, 0.717) is 0 Å². The van der Waals surface area contributed by atoms with Crippen LogP contribution in [0.15, 0.2) is 64.0 Å². The van der Waals surface area contributed by atoms with Gasteiger partial charge in [-0.2, -0.15) is 4.68 Å². The molecule has 0 aliphatic heterocycles. The summed E-state index contributed by atoms with van der Waals surface area (Å²) in [6.45, 7) is 0. The molecule has 0 unspecified atom stereocenters. The molecule has 0 fully saturated rings. The third-order valence-corrected chi connectivity index (χ3v) is 4.79. The molecule has 1 aromatic heterocycles. The van der Waals surface area contributed by atoms with Crippen molar-refractivity contribution >= 4 is 27.7 Å². The molecular formula is C16H15BrN4S. The summed E-state index contributed by atoms with van der Waals surface area (Å²) >= 11 is 5.30. The lowest BCUT2D eigenvalue weighted by atomic mass is 10.3. The normalized spacial score (nSPS) is 10.8. The fraction of sp³-hybridized carbons (Fsp3) is 0.188. The lowest BCUT2D eigenvalue weighted by Crippen LogP contribution is -2.03. The Bertz CT molecular complexity index is 713. The van der Waals surface area contributed by atoms with Crippen molar-refractivity contribution in [3.63, 3.8) is 0 Å². The molecule has 0 saturated carbocycles. The minimum Gasteiger partial charge on any atom is -0.197 e. The van der Waals surface area contributed by atoms with Crippen LogP contribution in [-0.4, -0.2) is 26.0 Å². The number of rotatable bonds is 6. The molecule has 1 heterocycles. The highest BCUT2D eigenvalue weighted by Crippen LogP contribution is 2.21. The topological polar surface area (TPSA) is 43.6 Å². The highest BCUT2D eigenvalue weighted by molar-refractivity contribution is 9.10. The fourth-order valence-corrected chi connectivity index (χ4v) is 3.20. The largest absolute Gasteiger partial charge is 0.197 e. The molecule has 0 amide bonds. The summed E-state index contributed by atoms with van der Waals surface area (Å²) in [5, 5.41) is 12.0. The zero-order chi connectivity index (χ0) is 15.2. The molecule has 4 nitrogen and oxygen atoms in total. The first-order valence-electron chi connectivity index (χ1n) is 7.04. The van der Waals surface area contributed by atoms with E-state index in [9.17, 15) is 0 Å². The number of para-hydroxylation sites is 1. The van der Waals surface area contributed by atoms with Crippen LogP contribution < -0.4 is 0 Å². The molecule has 0 saturated heterocycles. The Labute approximate surface area is 142 Å². The maximum atomic E-state index is 4.14. The summed E-state index contributed by atoms with van der Waals surface area (Å²) < 4.78 is 2.92. The van der Waals surface area contributed by atoms with Crippen LogP contribution in [0.5, 0.6) is 0 Å². The molecular weight excluding hydrogens is 360 g/mol. The average Bonchev–Trinajstić information content (AvgIpc) is 3.02. The van der Waals surface area contributed by atoms with Crippen LogP contribution in [0.2, 0.25) is 0 Å². The number of tetrazole rings is 1. The Morgan fingerprint density at radius 2 is 1.77 bits per heavy atom. The van der Waals surface area contributed by atoms with Crippen LogP contribution in [0.3, 0.4) is 0 Å². The molecule has 0 aliphatic carbocycles. The van der Waals surface area contributed by atoms with Crippen molar-refractivity contribution in [3.05, 3.63) is 64.9 Å². The molecule has 0 spiro atoms. The Balaban J connectivity index is 1.54. The van der Waals surface area contributed by atoms with Gasteiger partial charge in [0.25, 0.3) is 0 Å². The second-order valence-corrected chi connectivity index (χ2v) is 6.83. The molecule has 0 radical (unpaired) electrons. The molecule has 112 valence electrons. The van der Waals surface area contributed by atoms with Gasteiger partial charge in [0.1, 0.15) is 0 Å². The number of aryl methyl sites for hydroxylation is 1. The fourth-order valence-electron chi connectivity index (χ4n) is 2.08. The first-order chi connectivity index (χ1) is 10.8. The van der Waals surface area contributed by atoms with Gasteiger partial charge in [0.15, 0.2) is 5.82 Å². The summed E-state index contributed by atoms with van der Waals surface area (Å²) in [5.74, 6) is 1.95. The monoisotopic (exact) mass is 374 g/mol. The minimum atomic E-state index is 0.866. The van der Waals surface area contributed by atoms with Gasteiger partial charge < -0.3 is 0 Å². The smallest absolute Gasteiger partial charge is 0.156 e. The Morgan fingerprint density at radius 1 is 1.00 bits per heavy atom. The molecule has 0 N–H and O–H groups in total. The van der Waals surface area contributed by atoms with Crippen LogP contribution in [0.1, 0.15) is 12.2 Å². The second kappa shape index (κ2) is 7.56. The van der Waals surface area contributed by atoms with Gasteiger partial charge in [-0.1, -0.05) is 34.1 Å². The predicted octanol–water partition coefficient (Wildman–Crippen LogP) is 4.15. The van der Waals surface area contributed by atoms with Crippen molar-refractivity contribution in [2.75, 3.05) is 5.75 Å². The number of halogens is 1. The SMILES string of the molecule is Brc1ccc(SCCCc2nnnn2-c2ccccc2)cc1. The van der Waals surface area contributed by atoms with Crippen molar-refractivity contribution in [2.45, 2.75) is 17.7 Å². The van der Waals surface area contributed by atoms with Crippen molar-refractivity contribution in [1.82, 2.24) is 20.2 Å².